The van der Waals surface area contributed by atoms with Gasteiger partial charge in [-0.15, -0.1) is 0 Å². The number of amides is 1. The third-order valence-electron chi connectivity index (χ3n) is 6.41. The van der Waals surface area contributed by atoms with E-state index in [0.717, 1.165) is 46.9 Å². The predicted octanol–water partition coefficient (Wildman–Crippen LogP) is 5.02. The number of benzene rings is 1. The molecule has 4 bridgehead atoms. The van der Waals surface area contributed by atoms with Gasteiger partial charge in [0.1, 0.15) is 5.56 Å². The van der Waals surface area contributed by atoms with Gasteiger partial charge in [-0.3, -0.25) is 4.79 Å². The summed E-state index contributed by atoms with van der Waals surface area (Å²) >= 11 is 6.84. The van der Waals surface area contributed by atoms with Gasteiger partial charge in [-0.25, -0.2) is 4.79 Å². The Balaban J connectivity index is 1.49. The third-order valence-corrected chi connectivity index (χ3v) is 7.46. The van der Waals surface area contributed by atoms with Crippen LogP contribution in [-0.4, -0.2) is 11.4 Å². The Morgan fingerprint density at radius 2 is 1.65 bits per heavy atom. The summed E-state index contributed by atoms with van der Waals surface area (Å²) in [4.78, 5) is 25.4. The smallest absolute Gasteiger partial charge is 0.349 e. The van der Waals surface area contributed by atoms with E-state index in [0.29, 0.717) is 10.1 Å². The number of carbonyl (C=O) groups is 1. The molecule has 2 aromatic rings. The summed E-state index contributed by atoms with van der Waals surface area (Å²) in [5.41, 5.74) is -0.143. The van der Waals surface area contributed by atoms with Gasteiger partial charge < -0.3 is 9.73 Å². The molecule has 4 fully saturated rings. The molecule has 0 atom stereocenters. The van der Waals surface area contributed by atoms with Crippen LogP contribution in [0.1, 0.15) is 48.9 Å². The Bertz CT molecular complexity index is 946. The molecular formula is C20H19Br2NO3. The molecule has 0 radical (unpaired) electrons. The minimum absolute atomic E-state index is 0.0956. The molecule has 1 amide bonds. The Hall–Kier alpha value is -1.14. The van der Waals surface area contributed by atoms with E-state index in [1.165, 1.54) is 19.3 Å². The molecule has 4 saturated carbocycles. The summed E-state index contributed by atoms with van der Waals surface area (Å²) in [5, 5.41) is 3.98. The second kappa shape index (κ2) is 5.93. The monoisotopic (exact) mass is 479 g/mol. The molecular weight excluding hydrogens is 462 g/mol. The first-order chi connectivity index (χ1) is 12.4. The summed E-state index contributed by atoms with van der Waals surface area (Å²) in [6, 6.07) is 5.32. The van der Waals surface area contributed by atoms with Crippen molar-refractivity contribution in [1.82, 2.24) is 5.32 Å². The van der Waals surface area contributed by atoms with Gasteiger partial charge in [0.05, 0.1) is 4.47 Å². The lowest BCUT2D eigenvalue weighted by atomic mass is 9.53. The molecule has 0 aliphatic heterocycles. The molecule has 26 heavy (non-hydrogen) atoms. The van der Waals surface area contributed by atoms with E-state index in [2.05, 4.69) is 37.2 Å². The number of nitrogens with one attached hydrogen (secondary N) is 1. The first-order valence-electron chi connectivity index (χ1n) is 9.16. The number of hydrogen-bond acceptors (Lipinski definition) is 3. The maximum atomic E-state index is 13.0. The first kappa shape index (κ1) is 17.0. The maximum absolute atomic E-state index is 13.0. The van der Waals surface area contributed by atoms with E-state index >= 15 is 0 Å². The van der Waals surface area contributed by atoms with Crippen LogP contribution in [0.15, 0.2) is 36.4 Å². The van der Waals surface area contributed by atoms with Crippen LogP contribution in [0.5, 0.6) is 0 Å². The highest BCUT2D eigenvalue weighted by Crippen LogP contribution is 2.55. The van der Waals surface area contributed by atoms with Gasteiger partial charge in [-0.2, -0.15) is 0 Å². The van der Waals surface area contributed by atoms with E-state index in [-0.39, 0.29) is 17.0 Å². The van der Waals surface area contributed by atoms with Crippen LogP contribution in [0.4, 0.5) is 0 Å². The zero-order chi connectivity index (χ0) is 18.1. The fourth-order valence-corrected chi connectivity index (χ4v) is 7.23. The minimum Gasteiger partial charge on any atom is -0.421 e. The molecule has 1 heterocycles. The van der Waals surface area contributed by atoms with E-state index in [1.807, 2.05) is 12.1 Å². The zero-order valence-corrected chi connectivity index (χ0v) is 17.4. The van der Waals surface area contributed by atoms with Gasteiger partial charge in [0.2, 0.25) is 0 Å². The topological polar surface area (TPSA) is 59.3 Å². The highest BCUT2D eigenvalue weighted by molar-refractivity contribution is 9.11. The summed E-state index contributed by atoms with van der Waals surface area (Å²) in [7, 11) is 0. The van der Waals surface area contributed by atoms with Gasteiger partial charge in [-0.05, 0) is 90.4 Å². The average molecular weight is 481 g/mol. The molecule has 0 saturated heterocycles. The van der Waals surface area contributed by atoms with E-state index in [9.17, 15) is 9.59 Å². The quantitative estimate of drug-likeness (QED) is 0.614. The molecule has 4 aliphatic carbocycles. The van der Waals surface area contributed by atoms with Crippen molar-refractivity contribution >= 4 is 48.7 Å². The van der Waals surface area contributed by atoms with Gasteiger partial charge in [0.25, 0.3) is 5.91 Å². The molecule has 1 aromatic carbocycles. The van der Waals surface area contributed by atoms with Crippen molar-refractivity contribution in [3.05, 3.63) is 43.1 Å². The summed E-state index contributed by atoms with van der Waals surface area (Å²) in [5.74, 6) is 1.92. The van der Waals surface area contributed by atoms with Gasteiger partial charge in [0.15, 0.2) is 5.58 Å². The molecule has 4 aliphatic rings. The van der Waals surface area contributed by atoms with Gasteiger partial charge in [-0.1, -0.05) is 15.9 Å². The lowest BCUT2D eigenvalue weighted by molar-refractivity contribution is -0.0167. The molecule has 0 spiro atoms. The van der Waals surface area contributed by atoms with Crippen LogP contribution in [0.2, 0.25) is 0 Å². The van der Waals surface area contributed by atoms with Gasteiger partial charge >= 0.3 is 5.63 Å². The predicted molar refractivity (Wildman–Crippen MR) is 106 cm³/mol. The maximum Gasteiger partial charge on any atom is 0.349 e. The van der Waals surface area contributed by atoms with Crippen molar-refractivity contribution in [2.24, 2.45) is 17.8 Å². The highest BCUT2D eigenvalue weighted by atomic mass is 79.9. The number of hydrogen-bond donors (Lipinski definition) is 1. The fourth-order valence-electron chi connectivity index (χ4n) is 5.89. The fraction of sp³-hybridized carbons (Fsp3) is 0.500. The van der Waals surface area contributed by atoms with Crippen LogP contribution in [0.3, 0.4) is 0 Å². The Labute approximate surface area is 168 Å². The average Bonchev–Trinajstić information content (AvgIpc) is 2.53. The van der Waals surface area contributed by atoms with Crippen molar-refractivity contribution in [3.8, 4) is 0 Å². The molecule has 0 unspecified atom stereocenters. The van der Waals surface area contributed by atoms with Crippen molar-refractivity contribution in [3.63, 3.8) is 0 Å². The van der Waals surface area contributed by atoms with Crippen LogP contribution < -0.4 is 10.9 Å². The summed E-state index contributed by atoms with van der Waals surface area (Å²) in [6.45, 7) is 0. The van der Waals surface area contributed by atoms with Crippen LogP contribution in [0.25, 0.3) is 11.0 Å². The second-order valence-electron chi connectivity index (χ2n) is 8.41. The normalized spacial score (nSPS) is 32.2. The molecule has 6 heteroatoms. The number of halogens is 2. The standard InChI is InChI=1S/C20H19Br2NO3/c21-14-4-13-5-15(19(25)26-17(13)16(22)6-14)18(24)23-20-7-10-1-11(8-20)3-12(2-10)9-20/h4-6,10-12H,1-3,7-9H2,(H,23,24). The van der Waals surface area contributed by atoms with E-state index in [1.54, 1.807) is 6.07 Å². The molecule has 1 N–H and O–H groups in total. The zero-order valence-electron chi connectivity index (χ0n) is 14.2. The van der Waals surface area contributed by atoms with Gasteiger partial charge in [0, 0.05) is 15.4 Å². The second-order valence-corrected chi connectivity index (χ2v) is 10.2. The lowest BCUT2D eigenvalue weighted by Gasteiger charge is -2.56. The van der Waals surface area contributed by atoms with E-state index in [4.69, 9.17) is 4.42 Å². The Morgan fingerprint density at radius 3 is 2.27 bits per heavy atom. The Morgan fingerprint density at radius 1 is 1.04 bits per heavy atom. The SMILES string of the molecule is O=C(NC12CC3CC(CC(C3)C1)C2)c1cc2cc(Br)cc(Br)c2oc1=O. The summed E-state index contributed by atoms with van der Waals surface area (Å²) < 4.78 is 6.98. The molecule has 136 valence electrons. The number of carbonyl (C=O) groups excluding carboxylic acids is 1. The first-order valence-corrected chi connectivity index (χ1v) is 10.7. The van der Waals surface area contributed by atoms with Crippen LogP contribution in [0, 0.1) is 17.8 Å². The highest BCUT2D eigenvalue weighted by Gasteiger charge is 2.51. The van der Waals surface area contributed by atoms with Crippen molar-refractivity contribution in [2.45, 2.75) is 44.1 Å². The van der Waals surface area contributed by atoms with E-state index < -0.39 is 5.63 Å². The van der Waals surface area contributed by atoms with Crippen LogP contribution in [-0.2, 0) is 0 Å². The Kier molecular flexibility index (Phi) is 3.87. The van der Waals surface area contributed by atoms with Crippen LogP contribution >= 0.6 is 31.9 Å². The van der Waals surface area contributed by atoms with Crippen molar-refractivity contribution < 1.29 is 9.21 Å². The number of fused-ring (bicyclic) bond motifs is 1. The third kappa shape index (κ3) is 2.76. The van der Waals surface area contributed by atoms with Crippen molar-refractivity contribution in [2.75, 3.05) is 0 Å². The summed E-state index contributed by atoms with van der Waals surface area (Å²) in [6.07, 6.45) is 7.11. The number of rotatable bonds is 2. The minimum atomic E-state index is -0.581. The lowest BCUT2D eigenvalue weighted by Crippen LogP contribution is -2.60. The van der Waals surface area contributed by atoms with Crippen molar-refractivity contribution in [1.29, 1.82) is 0 Å². The molecule has 4 nitrogen and oxygen atoms in total. The largest absolute Gasteiger partial charge is 0.421 e. The molecule has 6 rings (SSSR count). The molecule has 1 aromatic heterocycles.